The molecule has 3 nitrogen and oxygen atoms in total. The first-order valence-electron chi connectivity index (χ1n) is 7.42. The third-order valence-electron chi connectivity index (χ3n) is 3.90. The van der Waals surface area contributed by atoms with Crippen molar-refractivity contribution in [3.63, 3.8) is 0 Å². The molecule has 21 heavy (non-hydrogen) atoms. The first-order valence-corrected chi connectivity index (χ1v) is 7.42. The summed E-state index contributed by atoms with van der Waals surface area (Å²) < 4.78 is 11.7. The zero-order valence-electron chi connectivity index (χ0n) is 12.3. The van der Waals surface area contributed by atoms with Gasteiger partial charge in [0.25, 0.3) is 0 Å². The van der Waals surface area contributed by atoms with E-state index >= 15 is 0 Å². The van der Waals surface area contributed by atoms with Gasteiger partial charge in [0, 0.05) is 6.04 Å². The number of benzene rings is 2. The van der Waals surface area contributed by atoms with E-state index in [1.54, 1.807) is 0 Å². The Balaban J connectivity index is 1.66. The van der Waals surface area contributed by atoms with Crippen LogP contribution >= 0.6 is 0 Å². The van der Waals surface area contributed by atoms with E-state index in [1.165, 1.54) is 11.1 Å². The van der Waals surface area contributed by atoms with Gasteiger partial charge in [-0.05, 0) is 42.2 Å². The predicted octanol–water partition coefficient (Wildman–Crippen LogP) is 3.40. The van der Waals surface area contributed by atoms with Crippen LogP contribution in [0.15, 0.2) is 48.5 Å². The quantitative estimate of drug-likeness (QED) is 0.935. The zero-order chi connectivity index (χ0) is 14.7. The molecule has 0 aliphatic carbocycles. The number of nitrogens with two attached hydrogens (primary N) is 1. The van der Waals surface area contributed by atoms with Gasteiger partial charge >= 0.3 is 0 Å². The van der Waals surface area contributed by atoms with Crippen molar-refractivity contribution in [3.05, 3.63) is 65.2 Å². The fraction of sp³-hybridized carbons (Fsp3) is 0.333. The van der Waals surface area contributed by atoms with E-state index in [9.17, 15) is 0 Å². The summed E-state index contributed by atoms with van der Waals surface area (Å²) in [5.74, 6) is 0.853. The fourth-order valence-electron chi connectivity index (χ4n) is 2.65. The van der Waals surface area contributed by atoms with Crippen LogP contribution in [-0.2, 0) is 11.2 Å². The zero-order valence-corrected chi connectivity index (χ0v) is 12.3. The molecule has 0 saturated heterocycles. The summed E-state index contributed by atoms with van der Waals surface area (Å²) in [6, 6.07) is 16.4. The number of hydrogen-bond donors (Lipinski definition) is 1. The number of rotatable bonds is 4. The van der Waals surface area contributed by atoms with Gasteiger partial charge in [-0.3, -0.25) is 0 Å². The van der Waals surface area contributed by atoms with E-state index in [1.807, 2.05) is 31.2 Å². The summed E-state index contributed by atoms with van der Waals surface area (Å²) >= 11 is 0. The lowest BCUT2D eigenvalue weighted by molar-refractivity contribution is 0.0102. The SMILES string of the molecule is C[C@H](N)c1ccc(OCC2OCCc3ccccc32)cc1. The molecule has 0 saturated carbocycles. The molecule has 1 unspecified atom stereocenters. The lowest BCUT2D eigenvalue weighted by atomic mass is 9.98. The second-order valence-electron chi connectivity index (χ2n) is 5.48. The molecule has 1 aliphatic heterocycles. The molecule has 0 bridgehead atoms. The van der Waals surface area contributed by atoms with Crippen LogP contribution in [-0.4, -0.2) is 13.2 Å². The summed E-state index contributed by atoms with van der Waals surface area (Å²) in [6.07, 6.45) is 0.999. The van der Waals surface area contributed by atoms with Crippen LogP contribution in [0, 0.1) is 0 Å². The van der Waals surface area contributed by atoms with E-state index in [0.29, 0.717) is 6.61 Å². The highest BCUT2D eigenvalue weighted by Crippen LogP contribution is 2.27. The highest BCUT2D eigenvalue weighted by atomic mass is 16.5. The maximum Gasteiger partial charge on any atom is 0.119 e. The highest BCUT2D eigenvalue weighted by Gasteiger charge is 2.20. The fourth-order valence-corrected chi connectivity index (χ4v) is 2.65. The third-order valence-corrected chi connectivity index (χ3v) is 3.90. The molecular weight excluding hydrogens is 262 g/mol. The van der Waals surface area contributed by atoms with Crippen LogP contribution in [0.5, 0.6) is 5.75 Å². The van der Waals surface area contributed by atoms with Gasteiger partial charge < -0.3 is 15.2 Å². The van der Waals surface area contributed by atoms with Gasteiger partial charge in [0.15, 0.2) is 0 Å². The Hall–Kier alpha value is -1.84. The van der Waals surface area contributed by atoms with Gasteiger partial charge in [0.05, 0.1) is 6.61 Å². The molecule has 2 atom stereocenters. The van der Waals surface area contributed by atoms with Crippen molar-refractivity contribution in [1.29, 1.82) is 0 Å². The molecule has 0 spiro atoms. The number of ether oxygens (including phenoxy) is 2. The van der Waals surface area contributed by atoms with E-state index in [0.717, 1.165) is 24.3 Å². The van der Waals surface area contributed by atoms with Crippen molar-refractivity contribution in [2.75, 3.05) is 13.2 Å². The minimum Gasteiger partial charge on any atom is -0.491 e. The summed E-state index contributed by atoms with van der Waals surface area (Å²) in [4.78, 5) is 0. The Kier molecular flexibility index (Phi) is 4.23. The Morgan fingerprint density at radius 3 is 2.71 bits per heavy atom. The van der Waals surface area contributed by atoms with Gasteiger partial charge in [-0.2, -0.15) is 0 Å². The average Bonchev–Trinajstić information content (AvgIpc) is 2.53. The highest BCUT2D eigenvalue weighted by molar-refractivity contribution is 5.32. The molecule has 3 rings (SSSR count). The molecular formula is C18H21NO2. The second kappa shape index (κ2) is 6.29. The van der Waals surface area contributed by atoms with Crippen molar-refractivity contribution in [1.82, 2.24) is 0 Å². The maximum atomic E-state index is 5.87. The minimum absolute atomic E-state index is 0.0167. The van der Waals surface area contributed by atoms with E-state index < -0.39 is 0 Å². The first-order chi connectivity index (χ1) is 10.2. The van der Waals surface area contributed by atoms with Crippen LogP contribution in [0.2, 0.25) is 0 Å². The van der Waals surface area contributed by atoms with Crippen molar-refractivity contribution in [2.45, 2.75) is 25.5 Å². The normalized spacial score (nSPS) is 18.9. The van der Waals surface area contributed by atoms with Crippen LogP contribution in [0.25, 0.3) is 0 Å². The molecule has 2 aromatic carbocycles. The largest absolute Gasteiger partial charge is 0.491 e. The van der Waals surface area contributed by atoms with Gasteiger partial charge in [-0.1, -0.05) is 36.4 Å². The molecule has 2 N–H and O–H groups in total. The predicted molar refractivity (Wildman–Crippen MR) is 83.4 cm³/mol. The molecule has 0 radical (unpaired) electrons. The lowest BCUT2D eigenvalue weighted by Crippen LogP contribution is -2.21. The smallest absolute Gasteiger partial charge is 0.119 e. The summed E-state index contributed by atoms with van der Waals surface area (Å²) in [5, 5.41) is 0. The van der Waals surface area contributed by atoms with Crippen LogP contribution in [0.4, 0.5) is 0 Å². The summed E-state index contributed by atoms with van der Waals surface area (Å²) in [6.45, 7) is 3.27. The second-order valence-corrected chi connectivity index (χ2v) is 5.48. The summed E-state index contributed by atoms with van der Waals surface area (Å²) in [7, 11) is 0. The molecule has 2 aromatic rings. The molecule has 3 heteroatoms. The van der Waals surface area contributed by atoms with Crippen molar-refractivity contribution in [2.24, 2.45) is 5.73 Å². The van der Waals surface area contributed by atoms with Crippen LogP contribution in [0.3, 0.4) is 0 Å². The lowest BCUT2D eigenvalue weighted by Gasteiger charge is -2.26. The van der Waals surface area contributed by atoms with E-state index in [4.69, 9.17) is 15.2 Å². The molecule has 1 heterocycles. The first kappa shape index (κ1) is 14.1. The molecule has 0 amide bonds. The van der Waals surface area contributed by atoms with Crippen molar-refractivity contribution >= 4 is 0 Å². The van der Waals surface area contributed by atoms with E-state index in [2.05, 4.69) is 24.3 Å². The monoisotopic (exact) mass is 283 g/mol. The Morgan fingerprint density at radius 1 is 1.19 bits per heavy atom. The van der Waals surface area contributed by atoms with Gasteiger partial charge in [-0.25, -0.2) is 0 Å². The maximum absolute atomic E-state index is 5.87. The van der Waals surface area contributed by atoms with Gasteiger partial charge in [0.2, 0.25) is 0 Å². The molecule has 110 valence electrons. The Morgan fingerprint density at radius 2 is 1.95 bits per heavy atom. The topological polar surface area (TPSA) is 44.5 Å². The summed E-state index contributed by atoms with van der Waals surface area (Å²) in [5.41, 5.74) is 9.57. The van der Waals surface area contributed by atoms with Crippen molar-refractivity contribution < 1.29 is 9.47 Å². The number of hydrogen-bond acceptors (Lipinski definition) is 3. The van der Waals surface area contributed by atoms with Crippen LogP contribution < -0.4 is 10.5 Å². The van der Waals surface area contributed by atoms with Gasteiger partial charge in [0.1, 0.15) is 18.5 Å². The van der Waals surface area contributed by atoms with Gasteiger partial charge in [-0.15, -0.1) is 0 Å². The third kappa shape index (κ3) is 3.26. The molecule has 1 aliphatic rings. The minimum atomic E-state index is 0.0167. The Bertz CT molecular complexity index is 592. The Labute approximate surface area is 125 Å². The van der Waals surface area contributed by atoms with E-state index in [-0.39, 0.29) is 12.1 Å². The average molecular weight is 283 g/mol. The number of fused-ring (bicyclic) bond motifs is 1. The van der Waals surface area contributed by atoms with Crippen molar-refractivity contribution in [3.8, 4) is 5.75 Å². The molecule has 0 fully saturated rings. The standard InChI is InChI=1S/C18H21NO2/c1-13(19)14-6-8-16(9-7-14)21-12-18-17-5-3-2-4-15(17)10-11-20-18/h2-9,13,18H,10-12,19H2,1H3/t13-,18?/m0/s1. The molecule has 0 aromatic heterocycles. The van der Waals surface area contributed by atoms with Crippen LogP contribution in [0.1, 0.15) is 35.8 Å².